The van der Waals surface area contributed by atoms with Crippen LogP contribution in [0.15, 0.2) is 24.4 Å². The normalized spacial score (nSPS) is 12.7. The van der Waals surface area contributed by atoms with Crippen molar-refractivity contribution in [1.29, 1.82) is 0 Å². The lowest BCUT2D eigenvalue weighted by atomic mass is 10.3. The second-order valence-electron chi connectivity index (χ2n) is 4.75. The molecular weight excluding hydrogens is 270 g/mol. The minimum atomic E-state index is 0.123. The van der Waals surface area contributed by atoms with E-state index in [0.29, 0.717) is 0 Å². The molecule has 2 heterocycles. The number of thiazole rings is 1. The van der Waals surface area contributed by atoms with Crippen LogP contribution < -0.4 is 11.1 Å². The summed E-state index contributed by atoms with van der Waals surface area (Å²) in [4.78, 5) is 13.5. The van der Waals surface area contributed by atoms with Gasteiger partial charge in [-0.3, -0.25) is 0 Å². The molecule has 0 bridgehead atoms. The Morgan fingerprint density at radius 3 is 3.05 bits per heavy atom. The molecule has 3 aromatic rings. The van der Waals surface area contributed by atoms with Gasteiger partial charge in [0.25, 0.3) is 0 Å². The number of benzene rings is 1. The predicted molar refractivity (Wildman–Crippen MR) is 84.0 cm³/mol. The molecule has 0 aliphatic heterocycles. The molecule has 3 rings (SSSR count). The Balaban J connectivity index is 1.81. The van der Waals surface area contributed by atoms with Gasteiger partial charge >= 0.3 is 0 Å². The fourth-order valence-corrected chi connectivity index (χ4v) is 2.91. The number of aromatic amines is 1. The maximum absolute atomic E-state index is 5.77. The van der Waals surface area contributed by atoms with Crippen LogP contribution in [0.25, 0.3) is 11.0 Å². The van der Waals surface area contributed by atoms with E-state index in [1.807, 2.05) is 24.4 Å². The minimum Gasteiger partial charge on any atom is -0.399 e. The molecule has 1 unspecified atom stereocenters. The number of hydrogen-bond acceptors (Lipinski definition) is 5. The third-order valence-corrected chi connectivity index (χ3v) is 4.47. The quantitative estimate of drug-likeness (QED) is 0.643. The molecule has 4 N–H and O–H groups in total. The maximum Gasteiger partial charge on any atom is 0.201 e. The Hall–Kier alpha value is -2.08. The summed E-state index contributed by atoms with van der Waals surface area (Å²) in [5.74, 6) is 0.742. The molecule has 0 saturated carbocycles. The number of aryl methyl sites for hydroxylation is 1. The van der Waals surface area contributed by atoms with Gasteiger partial charge in [0.15, 0.2) is 0 Å². The van der Waals surface area contributed by atoms with E-state index in [9.17, 15) is 0 Å². The van der Waals surface area contributed by atoms with Gasteiger partial charge in [-0.15, -0.1) is 11.3 Å². The Morgan fingerprint density at radius 2 is 2.30 bits per heavy atom. The lowest BCUT2D eigenvalue weighted by molar-refractivity contribution is 0.855. The van der Waals surface area contributed by atoms with E-state index in [1.165, 1.54) is 4.88 Å². The van der Waals surface area contributed by atoms with E-state index in [4.69, 9.17) is 5.73 Å². The van der Waals surface area contributed by atoms with Crippen LogP contribution in [-0.4, -0.2) is 15.0 Å². The molecule has 6 heteroatoms. The highest BCUT2D eigenvalue weighted by Crippen LogP contribution is 2.24. The first-order chi connectivity index (χ1) is 9.65. The van der Waals surface area contributed by atoms with Crippen molar-refractivity contribution in [3.05, 3.63) is 34.3 Å². The summed E-state index contributed by atoms with van der Waals surface area (Å²) in [7, 11) is 0. The molecule has 0 radical (unpaired) electrons. The molecule has 0 saturated heterocycles. The number of nitrogens with one attached hydrogen (secondary N) is 2. The van der Waals surface area contributed by atoms with E-state index in [-0.39, 0.29) is 6.04 Å². The van der Waals surface area contributed by atoms with Gasteiger partial charge in [-0.1, -0.05) is 6.92 Å². The van der Waals surface area contributed by atoms with Gasteiger partial charge in [-0.05, 0) is 31.5 Å². The summed E-state index contributed by atoms with van der Waals surface area (Å²) >= 11 is 1.73. The van der Waals surface area contributed by atoms with E-state index in [2.05, 4.69) is 34.1 Å². The van der Waals surface area contributed by atoms with Crippen molar-refractivity contribution in [1.82, 2.24) is 15.0 Å². The highest BCUT2D eigenvalue weighted by atomic mass is 32.1. The number of imidazole rings is 1. The summed E-state index contributed by atoms with van der Waals surface area (Å²) in [5.41, 5.74) is 8.34. The zero-order chi connectivity index (χ0) is 14.1. The van der Waals surface area contributed by atoms with E-state index in [1.54, 1.807) is 11.3 Å². The SMILES string of the molecule is CCc1cnc(C(C)Nc2nc3ccc(N)cc3[nH]2)s1. The summed E-state index contributed by atoms with van der Waals surface area (Å²) in [6, 6.07) is 5.77. The number of fused-ring (bicyclic) bond motifs is 1. The molecule has 1 atom stereocenters. The van der Waals surface area contributed by atoms with Crippen LogP contribution in [-0.2, 0) is 6.42 Å². The molecular formula is C14H17N5S. The monoisotopic (exact) mass is 287 g/mol. The molecule has 0 aliphatic rings. The van der Waals surface area contributed by atoms with Crippen LogP contribution >= 0.6 is 11.3 Å². The standard InChI is InChI=1S/C14H17N5S/c1-3-10-7-16-13(20-10)8(2)17-14-18-11-5-4-9(15)6-12(11)19-14/h4-8H,3,15H2,1-2H3,(H2,17,18,19). The largest absolute Gasteiger partial charge is 0.399 e. The van der Waals surface area contributed by atoms with Crippen LogP contribution in [0, 0.1) is 0 Å². The van der Waals surface area contributed by atoms with Crippen molar-refractivity contribution in [3.63, 3.8) is 0 Å². The Bertz CT molecular complexity index is 730. The van der Waals surface area contributed by atoms with Gasteiger partial charge in [0.1, 0.15) is 5.01 Å². The van der Waals surface area contributed by atoms with E-state index < -0.39 is 0 Å². The van der Waals surface area contributed by atoms with Crippen molar-refractivity contribution in [2.45, 2.75) is 26.3 Å². The number of aromatic nitrogens is 3. The second-order valence-corrected chi connectivity index (χ2v) is 5.89. The van der Waals surface area contributed by atoms with Crippen molar-refractivity contribution >= 4 is 34.0 Å². The molecule has 0 spiro atoms. The number of H-pyrrole nitrogens is 1. The summed E-state index contributed by atoms with van der Waals surface area (Å²) in [5, 5.41) is 4.42. The number of hydrogen-bond donors (Lipinski definition) is 3. The number of nitrogens with zero attached hydrogens (tertiary/aromatic N) is 2. The smallest absolute Gasteiger partial charge is 0.201 e. The Labute approximate surface area is 121 Å². The van der Waals surface area contributed by atoms with Gasteiger partial charge in [-0.2, -0.15) is 0 Å². The fourth-order valence-electron chi connectivity index (χ4n) is 2.05. The van der Waals surface area contributed by atoms with Crippen molar-refractivity contribution < 1.29 is 0 Å². The average Bonchev–Trinajstić information content (AvgIpc) is 3.03. The predicted octanol–water partition coefficient (Wildman–Crippen LogP) is 3.34. The zero-order valence-electron chi connectivity index (χ0n) is 11.5. The number of anilines is 2. The number of rotatable bonds is 4. The van der Waals surface area contributed by atoms with Crippen LogP contribution in [0.4, 0.5) is 11.6 Å². The zero-order valence-corrected chi connectivity index (χ0v) is 12.3. The molecule has 2 aromatic heterocycles. The molecule has 104 valence electrons. The summed E-state index contributed by atoms with van der Waals surface area (Å²) in [6.45, 7) is 4.22. The summed E-state index contributed by atoms with van der Waals surface area (Å²) in [6.07, 6.45) is 2.96. The molecule has 1 aromatic carbocycles. The Morgan fingerprint density at radius 1 is 1.45 bits per heavy atom. The van der Waals surface area contributed by atoms with Crippen LogP contribution in [0.3, 0.4) is 0 Å². The van der Waals surface area contributed by atoms with Crippen LogP contribution in [0.5, 0.6) is 0 Å². The summed E-state index contributed by atoms with van der Waals surface area (Å²) < 4.78 is 0. The lowest BCUT2D eigenvalue weighted by Gasteiger charge is -2.09. The van der Waals surface area contributed by atoms with Crippen LogP contribution in [0.2, 0.25) is 0 Å². The van der Waals surface area contributed by atoms with Gasteiger partial charge in [0.05, 0.1) is 17.1 Å². The molecule has 0 aliphatic carbocycles. The van der Waals surface area contributed by atoms with Gasteiger partial charge < -0.3 is 16.0 Å². The Kier molecular flexibility index (Phi) is 3.31. The first kappa shape index (κ1) is 12.9. The van der Waals surface area contributed by atoms with Crippen molar-refractivity contribution in [3.8, 4) is 0 Å². The first-order valence-corrected chi connectivity index (χ1v) is 7.43. The average molecular weight is 287 g/mol. The van der Waals surface area contributed by atoms with Crippen molar-refractivity contribution in [2.24, 2.45) is 0 Å². The van der Waals surface area contributed by atoms with Gasteiger partial charge in [-0.25, -0.2) is 9.97 Å². The number of nitrogens with two attached hydrogens (primary N) is 1. The molecule has 0 amide bonds. The van der Waals surface area contributed by atoms with E-state index in [0.717, 1.165) is 34.1 Å². The highest BCUT2D eigenvalue weighted by molar-refractivity contribution is 7.11. The first-order valence-electron chi connectivity index (χ1n) is 6.62. The minimum absolute atomic E-state index is 0.123. The van der Waals surface area contributed by atoms with Gasteiger partial charge in [0, 0.05) is 16.8 Å². The molecule has 20 heavy (non-hydrogen) atoms. The maximum atomic E-state index is 5.77. The molecule has 5 nitrogen and oxygen atoms in total. The third-order valence-electron chi connectivity index (χ3n) is 3.15. The van der Waals surface area contributed by atoms with Gasteiger partial charge in [0.2, 0.25) is 5.95 Å². The molecule has 0 fully saturated rings. The fraction of sp³-hybridized carbons (Fsp3) is 0.286. The van der Waals surface area contributed by atoms with Crippen LogP contribution in [0.1, 0.15) is 29.8 Å². The number of nitrogen functional groups attached to an aromatic ring is 1. The highest BCUT2D eigenvalue weighted by Gasteiger charge is 2.12. The lowest BCUT2D eigenvalue weighted by Crippen LogP contribution is -2.07. The van der Waals surface area contributed by atoms with Crippen molar-refractivity contribution in [2.75, 3.05) is 11.1 Å². The third kappa shape index (κ3) is 2.46. The second kappa shape index (κ2) is 5.13. The topological polar surface area (TPSA) is 79.6 Å². The van der Waals surface area contributed by atoms with E-state index >= 15 is 0 Å².